The van der Waals surface area contributed by atoms with Gasteiger partial charge >= 0.3 is 103 Å². The standard InChI is InChI=1S/2CH2S2.2K/c2*2-1-3;;/h2*1H,(H,2,3);;/q;;2*+1/p-2. The van der Waals surface area contributed by atoms with E-state index in [1.165, 1.54) is 9.40 Å². The zero-order chi connectivity index (χ0) is 5.41. The van der Waals surface area contributed by atoms with E-state index in [0.29, 0.717) is 0 Å². The first-order valence-electron chi connectivity index (χ1n) is 0.943. The van der Waals surface area contributed by atoms with Gasteiger partial charge in [0.15, 0.2) is 0 Å². The Kier molecular flexibility index (Phi) is 86.9. The van der Waals surface area contributed by atoms with Crippen molar-refractivity contribution >= 4 is 59.1 Å². The van der Waals surface area contributed by atoms with Crippen LogP contribution in [0.3, 0.4) is 0 Å². The Bertz CT molecular complexity index is 33.0. The summed E-state index contributed by atoms with van der Waals surface area (Å²) in [7, 11) is 0. The van der Waals surface area contributed by atoms with Gasteiger partial charge in [0.2, 0.25) is 0 Å². The molecule has 0 aliphatic heterocycles. The monoisotopic (exact) mass is 232 g/mol. The molecule has 0 heterocycles. The summed E-state index contributed by atoms with van der Waals surface area (Å²) in [5.41, 5.74) is 0. The summed E-state index contributed by atoms with van der Waals surface area (Å²) in [6.45, 7) is 0. The summed E-state index contributed by atoms with van der Waals surface area (Å²) in [6.07, 6.45) is 0. The van der Waals surface area contributed by atoms with Crippen molar-refractivity contribution in [2.45, 2.75) is 0 Å². The Labute approximate surface area is 157 Å². The molecule has 0 atom stereocenters. The van der Waals surface area contributed by atoms with Crippen molar-refractivity contribution < 1.29 is 103 Å². The molecule has 0 aliphatic rings. The van der Waals surface area contributed by atoms with E-state index in [4.69, 9.17) is 0 Å². The number of thiocarbonyl (C=S) groups is 2. The second-order valence-electron chi connectivity index (χ2n) is 0.192. The average molecular weight is 233 g/mol. The van der Waals surface area contributed by atoms with Crippen LogP contribution in [0.25, 0.3) is 0 Å². The molecule has 0 nitrogen and oxygen atoms in total. The molecule has 8 heavy (non-hydrogen) atoms. The minimum Gasteiger partial charge on any atom is -0.436 e. The topological polar surface area (TPSA) is 0 Å². The Morgan fingerprint density at radius 3 is 0.875 bits per heavy atom. The van der Waals surface area contributed by atoms with Crippen LogP contribution in [0, 0.1) is 0 Å². The maximum atomic E-state index is 4.08. The van der Waals surface area contributed by atoms with E-state index in [0.717, 1.165) is 0 Å². The Balaban J connectivity index is -0.0000000160. The fourth-order valence-electron chi connectivity index (χ4n) is 0. The Hall–Kier alpha value is 3.89. The van der Waals surface area contributed by atoms with Gasteiger partial charge in [-0.25, -0.2) is 0 Å². The molecule has 0 saturated carbocycles. The molecule has 0 aliphatic carbocycles. The van der Waals surface area contributed by atoms with Crippen molar-refractivity contribution in [1.82, 2.24) is 0 Å². The summed E-state index contributed by atoms with van der Waals surface area (Å²) >= 11 is 16.3. The summed E-state index contributed by atoms with van der Waals surface area (Å²) in [6, 6.07) is 0. The van der Waals surface area contributed by atoms with Gasteiger partial charge in [-0.3, -0.25) is 0 Å². The van der Waals surface area contributed by atoms with Crippen molar-refractivity contribution in [1.29, 1.82) is 0 Å². The van der Waals surface area contributed by atoms with Crippen LogP contribution in [-0.2, 0) is 25.3 Å². The van der Waals surface area contributed by atoms with Crippen molar-refractivity contribution in [2.75, 3.05) is 0 Å². The third-order valence-electron chi connectivity index (χ3n) is 0. The maximum absolute atomic E-state index is 4.08. The number of hydrogen-bond acceptors (Lipinski definition) is 4. The molecule has 0 N–H and O–H groups in total. The SMILES string of the molecule is S=C[S-].S=C[S-].[K+].[K+]. The van der Waals surface area contributed by atoms with Crippen molar-refractivity contribution in [3.63, 3.8) is 0 Å². The fourth-order valence-corrected chi connectivity index (χ4v) is 0. The average Bonchev–Trinajstić information content (AvgIpc) is 1.39. The molecule has 0 aromatic carbocycles. The molecule has 0 saturated heterocycles. The van der Waals surface area contributed by atoms with Gasteiger partial charge in [-0.2, -0.15) is 9.40 Å². The molecule has 36 valence electrons. The van der Waals surface area contributed by atoms with Crippen molar-refractivity contribution in [2.24, 2.45) is 0 Å². The molecule has 0 bridgehead atoms. The van der Waals surface area contributed by atoms with Gasteiger partial charge in [-0.05, 0) is 0 Å². The first-order chi connectivity index (χ1) is 2.83. The first kappa shape index (κ1) is 22.7. The zero-order valence-electron chi connectivity index (χ0n) is 4.79. The molecule has 0 aromatic rings. The largest absolute Gasteiger partial charge is 1.00 e. The molecule has 0 fully saturated rings. The van der Waals surface area contributed by atoms with Crippen molar-refractivity contribution in [3.05, 3.63) is 0 Å². The first-order valence-corrected chi connectivity index (χ1v) is 2.83. The van der Waals surface area contributed by atoms with E-state index in [2.05, 4.69) is 49.7 Å². The predicted molar refractivity (Wildman–Crippen MR) is 42.0 cm³/mol. The van der Waals surface area contributed by atoms with Crippen LogP contribution in [-0.4, -0.2) is 9.40 Å². The van der Waals surface area contributed by atoms with Gasteiger partial charge in [-0.1, -0.05) is 0 Å². The van der Waals surface area contributed by atoms with Gasteiger partial charge in [-0.15, -0.1) is 0 Å². The molecule has 0 unspecified atom stereocenters. The van der Waals surface area contributed by atoms with Crippen LogP contribution < -0.4 is 103 Å². The minimum absolute atomic E-state index is 0. The Morgan fingerprint density at radius 2 is 0.875 bits per heavy atom. The van der Waals surface area contributed by atoms with Crippen LogP contribution in [0.4, 0.5) is 0 Å². The minimum atomic E-state index is 0. The number of rotatable bonds is 0. The molecule has 0 spiro atoms. The van der Waals surface area contributed by atoms with E-state index >= 15 is 0 Å². The van der Waals surface area contributed by atoms with E-state index in [1.54, 1.807) is 0 Å². The van der Waals surface area contributed by atoms with E-state index in [1.807, 2.05) is 0 Å². The quantitative estimate of drug-likeness (QED) is 0.233. The van der Waals surface area contributed by atoms with Crippen LogP contribution in [0.2, 0.25) is 0 Å². The predicted octanol–water partition coefficient (Wildman–Crippen LogP) is -5.01. The summed E-state index contributed by atoms with van der Waals surface area (Å²) in [5.74, 6) is 0. The third-order valence-corrected chi connectivity index (χ3v) is 0. The molecule has 0 aromatic heterocycles. The van der Waals surface area contributed by atoms with E-state index in [9.17, 15) is 0 Å². The second kappa shape index (κ2) is 30.7. The molecular weight excluding hydrogens is 230 g/mol. The van der Waals surface area contributed by atoms with E-state index in [-0.39, 0.29) is 103 Å². The summed E-state index contributed by atoms with van der Waals surface area (Å²) in [5, 5.41) is 0. The summed E-state index contributed by atoms with van der Waals surface area (Å²) < 4.78 is 2.33. The Morgan fingerprint density at radius 1 is 0.875 bits per heavy atom. The molecule has 0 rings (SSSR count). The molecule has 6 heteroatoms. The van der Waals surface area contributed by atoms with Gasteiger partial charge in [0.25, 0.3) is 0 Å². The summed E-state index contributed by atoms with van der Waals surface area (Å²) in [4.78, 5) is 0. The van der Waals surface area contributed by atoms with Crippen molar-refractivity contribution in [3.8, 4) is 0 Å². The zero-order valence-corrected chi connectivity index (χ0v) is 14.3. The van der Waals surface area contributed by atoms with Gasteiger partial charge in [0, 0.05) is 0 Å². The molecular formula is C2H2K2S4. The van der Waals surface area contributed by atoms with Crippen LogP contribution in [0.5, 0.6) is 0 Å². The van der Waals surface area contributed by atoms with Gasteiger partial charge in [0.1, 0.15) is 0 Å². The number of hydrogen-bond donors (Lipinski definition) is 0. The molecule has 0 amide bonds. The second-order valence-corrected chi connectivity index (χ2v) is 1.73. The fraction of sp³-hybridized carbons (Fsp3) is 0. The third kappa shape index (κ3) is 51.6. The van der Waals surface area contributed by atoms with Gasteiger partial charge in [0.05, 0.1) is 0 Å². The maximum Gasteiger partial charge on any atom is 1.00 e. The van der Waals surface area contributed by atoms with Crippen LogP contribution >= 0.6 is 24.4 Å². The smallest absolute Gasteiger partial charge is 0.436 e. The normalized spacial score (nSPS) is 3.00. The van der Waals surface area contributed by atoms with Crippen LogP contribution in [0.1, 0.15) is 0 Å². The van der Waals surface area contributed by atoms with Gasteiger partial charge < -0.3 is 49.7 Å². The van der Waals surface area contributed by atoms with Crippen LogP contribution in [0.15, 0.2) is 0 Å². The van der Waals surface area contributed by atoms with E-state index < -0.39 is 0 Å². The molecule has 0 radical (unpaired) electrons.